The number of esters is 1. The molecule has 0 unspecified atom stereocenters. The van der Waals surface area contributed by atoms with E-state index in [9.17, 15) is 4.79 Å². The number of carbonyl (C=O) groups excluding carboxylic acids is 1. The summed E-state index contributed by atoms with van der Waals surface area (Å²) in [5.41, 5.74) is 1.35. The predicted octanol–water partition coefficient (Wildman–Crippen LogP) is 3.12. The molecule has 20 heavy (non-hydrogen) atoms. The molecule has 0 radical (unpaired) electrons. The maximum Gasteiger partial charge on any atom is 0.306 e. The van der Waals surface area contributed by atoms with Crippen LogP contribution in [0.5, 0.6) is 0 Å². The second kappa shape index (κ2) is 5.96. The Hall–Kier alpha value is -1.35. The minimum Gasteiger partial charge on any atom is -0.462 e. The van der Waals surface area contributed by atoms with Crippen LogP contribution in [0.1, 0.15) is 38.2 Å². The lowest BCUT2D eigenvalue weighted by Crippen LogP contribution is -2.48. The maximum absolute atomic E-state index is 11.4. The molecule has 2 saturated heterocycles. The SMILES string of the molecule is C[C@@H]1C[C@@H]2OC(=O)CC[C@H]2[C@H](CCc2ccccc2)O1. The van der Waals surface area contributed by atoms with E-state index >= 15 is 0 Å². The van der Waals surface area contributed by atoms with E-state index in [1.165, 1.54) is 5.56 Å². The van der Waals surface area contributed by atoms with Crippen LogP contribution in [0.4, 0.5) is 0 Å². The van der Waals surface area contributed by atoms with Gasteiger partial charge in [0.25, 0.3) is 0 Å². The Morgan fingerprint density at radius 3 is 2.85 bits per heavy atom. The van der Waals surface area contributed by atoms with Crippen molar-refractivity contribution in [3.63, 3.8) is 0 Å². The molecule has 0 saturated carbocycles. The zero-order chi connectivity index (χ0) is 13.9. The first-order chi connectivity index (χ1) is 9.72. The number of carbonyl (C=O) groups is 1. The highest BCUT2D eigenvalue weighted by atomic mass is 16.6. The molecule has 0 amide bonds. The van der Waals surface area contributed by atoms with Crippen LogP contribution in [0.3, 0.4) is 0 Å². The van der Waals surface area contributed by atoms with Crippen molar-refractivity contribution in [2.24, 2.45) is 5.92 Å². The second-order valence-corrected chi connectivity index (χ2v) is 5.98. The normalized spacial score (nSPS) is 33.4. The van der Waals surface area contributed by atoms with Crippen molar-refractivity contribution >= 4 is 5.97 Å². The molecule has 1 aromatic rings. The maximum atomic E-state index is 11.4. The number of benzene rings is 1. The van der Waals surface area contributed by atoms with Gasteiger partial charge in [-0.3, -0.25) is 4.79 Å². The molecule has 1 aromatic carbocycles. The Kier molecular flexibility index (Phi) is 4.06. The van der Waals surface area contributed by atoms with Crippen molar-refractivity contribution < 1.29 is 14.3 Å². The van der Waals surface area contributed by atoms with Crippen LogP contribution in [0.15, 0.2) is 30.3 Å². The molecule has 3 heteroatoms. The molecule has 3 nitrogen and oxygen atoms in total. The lowest BCUT2D eigenvalue weighted by Gasteiger charge is -2.43. The molecular weight excluding hydrogens is 252 g/mol. The van der Waals surface area contributed by atoms with Crippen LogP contribution in [0, 0.1) is 5.92 Å². The third kappa shape index (κ3) is 3.04. The minimum atomic E-state index is -0.0397. The van der Waals surface area contributed by atoms with E-state index in [2.05, 4.69) is 31.2 Å². The number of fused-ring (bicyclic) bond motifs is 1. The highest BCUT2D eigenvalue weighted by Gasteiger charge is 2.41. The van der Waals surface area contributed by atoms with Crippen molar-refractivity contribution in [2.45, 2.75) is 57.3 Å². The van der Waals surface area contributed by atoms with E-state index in [1.807, 2.05) is 6.07 Å². The monoisotopic (exact) mass is 274 g/mol. The average molecular weight is 274 g/mol. The van der Waals surface area contributed by atoms with E-state index in [0.29, 0.717) is 12.3 Å². The molecule has 2 aliphatic rings. The standard InChI is InChI=1S/C17H22O3/c1-12-11-16-14(8-10-17(18)20-16)15(19-12)9-7-13-5-3-2-4-6-13/h2-6,12,14-16H,7-11H2,1H3/t12-,14+,15+,16+/m1/s1. The average Bonchev–Trinajstić information content (AvgIpc) is 2.45. The first kappa shape index (κ1) is 13.6. The third-order valence-corrected chi connectivity index (χ3v) is 4.45. The van der Waals surface area contributed by atoms with Crippen molar-refractivity contribution in [3.8, 4) is 0 Å². The van der Waals surface area contributed by atoms with Crippen molar-refractivity contribution in [2.75, 3.05) is 0 Å². The van der Waals surface area contributed by atoms with E-state index in [1.54, 1.807) is 0 Å². The molecule has 2 fully saturated rings. The summed E-state index contributed by atoms with van der Waals surface area (Å²) in [4.78, 5) is 11.4. The Bertz CT molecular complexity index is 457. The summed E-state index contributed by atoms with van der Waals surface area (Å²) >= 11 is 0. The Morgan fingerprint density at radius 1 is 1.25 bits per heavy atom. The molecule has 0 bridgehead atoms. The topological polar surface area (TPSA) is 35.5 Å². The summed E-state index contributed by atoms with van der Waals surface area (Å²) in [6.45, 7) is 2.08. The van der Waals surface area contributed by atoms with E-state index in [-0.39, 0.29) is 24.3 Å². The fourth-order valence-electron chi connectivity index (χ4n) is 3.45. The van der Waals surface area contributed by atoms with Gasteiger partial charge in [0.1, 0.15) is 6.10 Å². The highest BCUT2D eigenvalue weighted by Crippen LogP contribution is 2.36. The summed E-state index contributed by atoms with van der Waals surface area (Å²) in [7, 11) is 0. The molecule has 3 rings (SSSR count). The third-order valence-electron chi connectivity index (χ3n) is 4.45. The van der Waals surface area contributed by atoms with Gasteiger partial charge in [0, 0.05) is 18.8 Å². The molecule has 0 aromatic heterocycles. The van der Waals surface area contributed by atoms with Crippen molar-refractivity contribution in [1.29, 1.82) is 0 Å². The molecule has 108 valence electrons. The minimum absolute atomic E-state index is 0.0397. The fourth-order valence-corrected chi connectivity index (χ4v) is 3.45. The van der Waals surface area contributed by atoms with Crippen LogP contribution < -0.4 is 0 Å². The van der Waals surface area contributed by atoms with Gasteiger partial charge in [-0.05, 0) is 31.7 Å². The summed E-state index contributed by atoms with van der Waals surface area (Å²) in [5, 5.41) is 0. The molecule has 4 atom stereocenters. The quantitative estimate of drug-likeness (QED) is 0.794. The predicted molar refractivity (Wildman–Crippen MR) is 76.3 cm³/mol. The zero-order valence-corrected chi connectivity index (χ0v) is 12.0. The number of aryl methyl sites for hydroxylation is 1. The Labute approximate surface area is 120 Å². The van der Waals surface area contributed by atoms with Gasteiger partial charge in [-0.15, -0.1) is 0 Å². The van der Waals surface area contributed by atoms with Gasteiger partial charge in [-0.25, -0.2) is 0 Å². The summed E-state index contributed by atoms with van der Waals surface area (Å²) < 4.78 is 11.6. The Balaban J connectivity index is 1.63. The summed E-state index contributed by atoms with van der Waals surface area (Å²) in [6, 6.07) is 10.5. The van der Waals surface area contributed by atoms with E-state index in [0.717, 1.165) is 25.7 Å². The zero-order valence-electron chi connectivity index (χ0n) is 12.0. The highest BCUT2D eigenvalue weighted by molar-refractivity contribution is 5.70. The second-order valence-electron chi connectivity index (χ2n) is 5.98. The van der Waals surface area contributed by atoms with Gasteiger partial charge in [-0.1, -0.05) is 30.3 Å². The fraction of sp³-hybridized carbons (Fsp3) is 0.588. The van der Waals surface area contributed by atoms with Gasteiger partial charge >= 0.3 is 5.97 Å². The van der Waals surface area contributed by atoms with E-state index in [4.69, 9.17) is 9.47 Å². The van der Waals surface area contributed by atoms with E-state index < -0.39 is 0 Å². The number of hydrogen-bond acceptors (Lipinski definition) is 3. The number of ether oxygens (including phenoxy) is 2. The van der Waals surface area contributed by atoms with Gasteiger partial charge in [0.05, 0.1) is 12.2 Å². The van der Waals surface area contributed by atoms with Crippen LogP contribution in [-0.2, 0) is 20.7 Å². The number of hydrogen-bond donors (Lipinski definition) is 0. The van der Waals surface area contributed by atoms with Crippen LogP contribution >= 0.6 is 0 Å². The molecule has 0 aliphatic carbocycles. The summed E-state index contributed by atoms with van der Waals surface area (Å²) in [5.74, 6) is 0.342. The Morgan fingerprint density at radius 2 is 2.05 bits per heavy atom. The van der Waals surface area contributed by atoms with Crippen molar-refractivity contribution in [1.82, 2.24) is 0 Å². The van der Waals surface area contributed by atoms with Gasteiger partial charge in [0.2, 0.25) is 0 Å². The molecule has 2 heterocycles. The lowest BCUT2D eigenvalue weighted by atomic mass is 9.81. The smallest absolute Gasteiger partial charge is 0.306 e. The van der Waals surface area contributed by atoms with Crippen LogP contribution in [-0.4, -0.2) is 24.3 Å². The number of rotatable bonds is 3. The van der Waals surface area contributed by atoms with Gasteiger partial charge in [0.15, 0.2) is 0 Å². The lowest BCUT2D eigenvalue weighted by molar-refractivity contribution is -0.187. The van der Waals surface area contributed by atoms with Crippen LogP contribution in [0.2, 0.25) is 0 Å². The largest absolute Gasteiger partial charge is 0.462 e. The first-order valence-corrected chi connectivity index (χ1v) is 7.61. The van der Waals surface area contributed by atoms with Crippen LogP contribution in [0.25, 0.3) is 0 Å². The van der Waals surface area contributed by atoms with Gasteiger partial charge < -0.3 is 9.47 Å². The summed E-state index contributed by atoms with van der Waals surface area (Å²) in [6.07, 6.45) is 4.80. The molecular formula is C17H22O3. The van der Waals surface area contributed by atoms with Gasteiger partial charge in [-0.2, -0.15) is 0 Å². The van der Waals surface area contributed by atoms with Crippen molar-refractivity contribution in [3.05, 3.63) is 35.9 Å². The molecule has 0 spiro atoms. The molecule has 0 N–H and O–H groups in total. The first-order valence-electron chi connectivity index (χ1n) is 7.61. The molecule has 2 aliphatic heterocycles.